The van der Waals surface area contributed by atoms with Crippen LogP contribution in [0.1, 0.15) is 5.56 Å². The lowest BCUT2D eigenvalue weighted by molar-refractivity contribution is 0.354. The van der Waals surface area contributed by atoms with E-state index in [2.05, 4.69) is 15.6 Å². The van der Waals surface area contributed by atoms with E-state index in [-0.39, 0.29) is 0 Å². The number of fused-ring (bicyclic) bond motifs is 3. The van der Waals surface area contributed by atoms with Crippen LogP contribution in [0.4, 0.5) is 5.82 Å². The van der Waals surface area contributed by atoms with Crippen LogP contribution in [0.15, 0.2) is 72.8 Å². The molecule has 31 heavy (non-hydrogen) atoms. The van der Waals surface area contributed by atoms with Crippen molar-refractivity contribution < 1.29 is 9.47 Å². The van der Waals surface area contributed by atoms with E-state index in [1.165, 1.54) is 0 Å². The van der Waals surface area contributed by atoms with Crippen molar-refractivity contribution in [1.82, 2.24) is 19.8 Å². The van der Waals surface area contributed by atoms with E-state index >= 15 is 0 Å². The third-order valence-corrected chi connectivity index (χ3v) is 5.21. The second kappa shape index (κ2) is 7.95. The van der Waals surface area contributed by atoms with Crippen LogP contribution in [-0.4, -0.2) is 34.0 Å². The highest BCUT2D eigenvalue weighted by Gasteiger charge is 2.15. The van der Waals surface area contributed by atoms with Gasteiger partial charge < -0.3 is 14.8 Å². The summed E-state index contributed by atoms with van der Waals surface area (Å²) in [5.41, 5.74) is 4.43. The van der Waals surface area contributed by atoms with Crippen LogP contribution in [-0.2, 0) is 6.54 Å². The number of methoxy groups -OCH3 is 2. The fraction of sp³-hybridized carbons (Fsp3) is 0.125. The molecule has 0 saturated carbocycles. The number of anilines is 1. The van der Waals surface area contributed by atoms with E-state index in [9.17, 15) is 0 Å². The Kier molecular flexibility index (Phi) is 4.84. The molecule has 0 saturated heterocycles. The van der Waals surface area contributed by atoms with E-state index in [4.69, 9.17) is 14.5 Å². The van der Waals surface area contributed by atoms with Gasteiger partial charge in [0.2, 0.25) is 0 Å². The maximum absolute atomic E-state index is 5.42. The van der Waals surface area contributed by atoms with Gasteiger partial charge >= 0.3 is 0 Å². The average Bonchev–Trinajstić information content (AvgIpc) is 3.27. The summed E-state index contributed by atoms with van der Waals surface area (Å²) >= 11 is 0. The van der Waals surface area contributed by atoms with Gasteiger partial charge in [-0.05, 0) is 29.8 Å². The lowest BCUT2D eigenvalue weighted by atomic mass is 10.1. The zero-order valence-corrected chi connectivity index (χ0v) is 17.2. The molecule has 2 aromatic heterocycles. The van der Waals surface area contributed by atoms with E-state index in [0.717, 1.165) is 33.5 Å². The third kappa shape index (κ3) is 3.40. The smallest absolute Gasteiger partial charge is 0.186 e. The first-order valence-corrected chi connectivity index (χ1v) is 9.93. The summed E-state index contributed by atoms with van der Waals surface area (Å²) in [5, 5.41) is 13.2. The summed E-state index contributed by atoms with van der Waals surface area (Å²) in [4.78, 5) is 4.90. The normalized spacial score (nSPS) is 11.0. The van der Waals surface area contributed by atoms with Crippen molar-refractivity contribution in [2.24, 2.45) is 0 Å². The van der Waals surface area contributed by atoms with Gasteiger partial charge in [0.15, 0.2) is 17.1 Å². The van der Waals surface area contributed by atoms with Crippen LogP contribution in [0.3, 0.4) is 0 Å². The minimum Gasteiger partial charge on any atom is -0.493 e. The largest absolute Gasteiger partial charge is 0.493 e. The van der Waals surface area contributed by atoms with Gasteiger partial charge in [0.1, 0.15) is 11.5 Å². The molecule has 0 bridgehead atoms. The van der Waals surface area contributed by atoms with Crippen LogP contribution >= 0.6 is 0 Å². The molecule has 7 nitrogen and oxygen atoms in total. The predicted molar refractivity (Wildman–Crippen MR) is 121 cm³/mol. The lowest BCUT2D eigenvalue weighted by Crippen LogP contribution is -2.05. The molecule has 0 amide bonds. The van der Waals surface area contributed by atoms with Gasteiger partial charge in [0.25, 0.3) is 0 Å². The van der Waals surface area contributed by atoms with Crippen LogP contribution in [0.5, 0.6) is 11.5 Å². The maximum atomic E-state index is 5.42. The molecule has 0 unspecified atom stereocenters. The number of ether oxygens (including phenoxy) is 2. The van der Waals surface area contributed by atoms with Gasteiger partial charge in [-0.2, -0.15) is 4.52 Å². The van der Waals surface area contributed by atoms with Crippen molar-refractivity contribution in [1.29, 1.82) is 0 Å². The Labute approximate surface area is 179 Å². The van der Waals surface area contributed by atoms with Crippen molar-refractivity contribution >= 4 is 22.4 Å². The van der Waals surface area contributed by atoms with E-state index < -0.39 is 0 Å². The highest BCUT2D eigenvalue weighted by Crippen LogP contribution is 2.30. The monoisotopic (exact) mass is 411 g/mol. The Morgan fingerprint density at radius 1 is 0.871 bits per heavy atom. The molecule has 1 N–H and O–H groups in total. The van der Waals surface area contributed by atoms with E-state index in [1.54, 1.807) is 18.7 Å². The van der Waals surface area contributed by atoms with Gasteiger partial charge in [-0.15, -0.1) is 5.10 Å². The molecule has 0 atom stereocenters. The average molecular weight is 411 g/mol. The second-order valence-corrected chi connectivity index (χ2v) is 7.06. The van der Waals surface area contributed by atoms with Gasteiger partial charge in [0.05, 0.1) is 19.7 Å². The summed E-state index contributed by atoms with van der Waals surface area (Å²) in [7, 11) is 3.26. The Bertz CT molecular complexity index is 1370. The third-order valence-electron chi connectivity index (χ3n) is 5.21. The number of nitrogens with zero attached hydrogens (tertiary/aromatic N) is 4. The van der Waals surface area contributed by atoms with Gasteiger partial charge in [-0.25, -0.2) is 4.98 Å². The second-order valence-electron chi connectivity index (χ2n) is 7.06. The quantitative estimate of drug-likeness (QED) is 0.441. The first-order chi connectivity index (χ1) is 15.3. The molecule has 3 aromatic carbocycles. The van der Waals surface area contributed by atoms with E-state index in [1.807, 2.05) is 72.8 Å². The zero-order chi connectivity index (χ0) is 21.2. The summed E-state index contributed by atoms with van der Waals surface area (Å²) in [6, 6.07) is 23.9. The minimum atomic E-state index is 0.579. The Morgan fingerprint density at radius 2 is 1.65 bits per heavy atom. The first kappa shape index (κ1) is 18.9. The topological polar surface area (TPSA) is 73.6 Å². The Morgan fingerprint density at radius 3 is 2.45 bits per heavy atom. The van der Waals surface area contributed by atoms with Crippen LogP contribution in [0.2, 0.25) is 0 Å². The lowest BCUT2D eigenvalue weighted by Gasteiger charge is -2.12. The molecule has 0 aliphatic carbocycles. The van der Waals surface area contributed by atoms with Crippen LogP contribution in [0.25, 0.3) is 27.8 Å². The molecule has 0 fully saturated rings. The number of para-hydroxylation sites is 1. The zero-order valence-electron chi connectivity index (χ0n) is 17.2. The molecule has 0 spiro atoms. The van der Waals surface area contributed by atoms with Gasteiger partial charge in [-0.3, -0.25) is 0 Å². The number of nitrogens with one attached hydrogen (secondary N) is 1. The fourth-order valence-corrected chi connectivity index (χ4v) is 3.66. The molecule has 5 aromatic rings. The number of hydrogen-bond donors (Lipinski definition) is 1. The molecule has 2 heterocycles. The van der Waals surface area contributed by atoms with Crippen molar-refractivity contribution in [3.05, 3.63) is 78.4 Å². The maximum Gasteiger partial charge on any atom is 0.186 e. The van der Waals surface area contributed by atoms with Gasteiger partial charge in [-0.1, -0.05) is 53.7 Å². The number of aromatic nitrogens is 4. The van der Waals surface area contributed by atoms with Crippen LogP contribution < -0.4 is 14.8 Å². The molecule has 7 heteroatoms. The van der Waals surface area contributed by atoms with Crippen molar-refractivity contribution in [2.45, 2.75) is 6.54 Å². The van der Waals surface area contributed by atoms with E-state index in [0.29, 0.717) is 23.7 Å². The number of benzene rings is 3. The molecule has 0 aliphatic heterocycles. The highest BCUT2D eigenvalue weighted by molar-refractivity contribution is 5.93. The molecular weight excluding hydrogens is 390 g/mol. The summed E-state index contributed by atoms with van der Waals surface area (Å²) in [6.45, 7) is 0.579. The highest BCUT2D eigenvalue weighted by atomic mass is 16.5. The standard InChI is InChI=1S/C24H21N5O2/c1-30-20-13-12-16(14-21(20)31-2)15-25-23-18-10-6-7-11-19(18)29-24(26-23)22(27-28-29)17-8-4-3-5-9-17/h3-14H,15H2,1-2H3,(H,25,26). The van der Waals surface area contributed by atoms with Crippen LogP contribution in [0, 0.1) is 0 Å². The first-order valence-electron chi connectivity index (χ1n) is 9.93. The molecule has 5 rings (SSSR count). The minimum absolute atomic E-state index is 0.579. The molecular formula is C24H21N5O2. The van der Waals surface area contributed by atoms with Crippen molar-refractivity contribution in [2.75, 3.05) is 19.5 Å². The summed E-state index contributed by atoms with van der Waals surface area (Å²) in [6.07, 6.45) is 0. The fourth-order valence-electron chi connectivity index (χ4n) is 3.66. The van der Waals surface area contributed by atoms with Gasteiger partial charge in [0, 0.05) is 17.5 Å². The SMILES string of the molecule is COc1ccc(CNc2nc3c(-c4ccccc4)nnn3c3ccccc23)cc1OC. The molecule has 154 valence electrons. The number of rotatable bonds is 6. The Balaban J connectivity index is 1.57. The number of hydrogen-bond acceptors (Lipinski definition) is 6. The summed E-state index contributed by atoms with van der Waals surface area (Å²) < 4.78 is 12.5. The summed E-state index contributed by atoms with van der Waals surface area (Å²) in [5.74, 6) is 2.17. The molecule has 0 aliphatic rings. The predicted octanol–water partition coefficient (Wildman–Crippen LogP) is 4.57. The van der Waals surface area contributed by atoms with Crippen molar-refractivity contribution in [3.8, 4) is 22.8 Å². The van der Waals surface area contributed by atoms with Crippen molar-refractivity contribution in [3.63, 3.8) is 0 Å². The molecule has 0 radical (unpaired) electrons. The Hall–Kier alpha value is -4.13.